The number of fused-ring (bicyclic) bond motifs is 1. The van der Waals surface area contributed by atoms with Crippen LogP contribution in [0.1, 0.15) is 32.3 Å². The Bertz CT molecular complexity index is 797. The number of nitrogens with zero attached hydrogens (tertiary/aromatic N) is 3. The Kier molecular flexibility index (Phi) is 4.89. The van der Waals surface area contributed by atoms with Crippen LogP contribution in [0.5, 0.6) is 5.75 Å². The molecule has 24 heavy (non-hydrogen) atoms. The number of pyridine rings is 1. The molecule has 3 aromatic rings. The maximum Gasteiger partial charge on any atom is 0.137 e. The maximum absolute atomic E-state index is 5.96. The van der Waals surface area contributed by atoms with E-state index in [0.29, 0.717) is 12.5 Å². The monoisotopic (exact) mass is 322 g/mol. The predicted molar refractivity (Wildman–Crippen MR) is 96.4 cm³/mol. The Morgan fingerprint density at radius 1 is 1.04 bits per heavy atom. The first-order chi connectivity index (χ1) is 11.6. The second-order valence-electron chi connectivity index (χ2n) is 6.15. The minimum Gasteiger partial charge on any atom is -0.489 e. The lowest BCUT2D eigenvalue weighted by molar-refractivity contribution is 0.234. The molecule has 0 aliphatic rings. The molecule has 1 aromatic carbocycles. The number of ether oxygens (including phenoxy) is 1. The van der Waals surface area contributed by atoms with Crippen molar-refractivity contribution in [2.24, 2.45) is 0 Å². The largest absolute Gasteiger partial charge is 0.489 e. The summed E-state index contributed by atoms with van der Waals surface area (Å²) in [5.41, 5.74) is 2.14. The second kappa shape index (κ2) is 7.25. The molecule has 0 bridgehead atoms. The van der Waals surface area contributed by atoms with Crippen molar-refractivity contribution < 1.29 is 4.74 Å². The molecule has 124 valence electrons. The number of anilines is 1. The molecule has 5 nitrogen and oxygen atoms in total. The van der Waals surface area contributed by atoms with E-state index in [1.54, 1.807) is 18.7 Å². The minimum absolute atomic E-state index is 0.0155. The van der Waals surface area contributed by atoms with Crippen LogP contribution in [0.15, 0.2) is 49.1 Å². The van der Waals surface area contributed by atoms with Crippen molar-refractivity contribution in [2.75, 3.05) is 11.9 Å². The van der Waals surface area contributed by atoms with E-state index in [9.17, 15) is 0 Å². The zero-order chi connectivity index (χ0) is 16.9. The predicted octanol–water partition coefficient (Wildman–Crippen LogP) is 4.03. The molecule has 0 aliphatic heterocycles. The van der Waals surface area contributed by atoms with Crippen molar-refractivity contribution in [2.45, 2.75) is 32.8 Å². The van der Waals surface area contributed by atoms with Crippen LogP contribution < -0.4 is 10.1 Å². The van der Waals surface area contributed by atoms with Gasteiger partial charge in [-0.15, -0.1) is 0 Å². The summed E-state index contributed by atoms with van der Waals surface area (Å²) in [5, 5.41) is 4.29. The first kappa shape index (κ1) is 16.2. The van der Waals surface area contributed by atoms with Gasteiger partial charge >= 0.3 is 0 Å². The van der Waals surface area contributed by atoms with E-state index in [-0.39, 0.29) is 6.10 Å². The first-order valence-electron chi connectivity index (χ1n) is 8.18. The second-order valence-corrected chi connectivity index (χ2v) is 6.15. The molecule has 1 unspecified atom stereocenters. The summed E-state index contributed by atoms with van der Waals surface area (Å²) in [4.78, 5) is 12.6. The average Bonchev–Trinajstić information content (AvgIpc) is 2.60. The summed E-state index contributed by atoms with van der Waals surface area (Å²) in [6, 6.07) is 10.2. The normalized spacial score (nSPS) is 12.3. The Hall–Kier alpha value is -2.69. The molecule has 0 radical (unpaired) electrons. The molecular weight excluding hydrogens is 300 g/mol. The smallest absolute Gasteiger partial charge is 0.137 e. The van der Waals surface area contributed by atoms with E-state index in [0.717, 1.165) is 22.5 Å². The number of benzene rings is 1. The van der Waals surface area contributed by atoms with Crippen molar-refractivity contribution in [3.05, 3.63) is 54.6 Å². The van der Waals surface area contributed by atoms with E-state index in [1.807, 2.05) is 25.1 Å². The highest BCUT2D eigenvalue weighted by Crippen LogP contribution is 2.20. The summed E-state index contributed by atoms with van der Waals surface area (Å²) in [6.45, 7) is 7.06. The van der Waals surface area contributed by atoms with Crippen LogP contribution in [0.2, 0.25) is 0 Å². The average molecular weight is 322 g/mol. The van der Waals surface area contributed by atoms with Crippen LogP contribution in [0.3, 0.4) is 0 Å². The topological polar surface area (TPSA) is 59.9 Å². The zero-order valence-electron chi connectivity index (χ0n) is 14.2. The maximum atomic E-state index is 5.96. The van der Waals surface area contributed by atoms with Gasteiger partial charge < -0.3 is 10.1 Å². The van der Waals surface area contributed by atoms with Crippen molar-refractivity contribution in [3.8, 4) is 5.75 Å². The molecule has 0 saturated carbocycles. The highest BCUT2D eigenvalue weighted by molar-refractivity contribution is 5.87. The molecule has 3 rings (SSSR count). The summed E-state index contributed by atoms with van der Waals surface area (Å²) < 4.78 is 5.96. The van der Waals surface area contributed by atoms with Crippen LogP contribution in [-0.2, 0) is 0 Å². The number of nitrogens with one attached hydrogen (secondary N) is 1. The van der Waals surface area contributed by atoms with Gasteiger partial charge in [0.05, 0.1) is 18.3 Å². The number of hydrogen-bond donors (Lipinski definition) is 1. The van der Waals surface area contributed by atoms with Gasteiger partial charge in [0.15, 0.2) is 0 Å². The number of rotatable bonds is 6. The van der Waals surface area contributed by atoms with E-state index in [4.69, 9.17) is 4.74 Å². The first-order valence-corrected chi connectivity index (χ1v) is 8.18. The summed E-state index contributed by atoms with van der Waals surface area (Å²) >= 11 is 0. The SMILES string of the molecule is CC(CNc1ncnc2cnccc12)Oc1ccc(C(C)C)cc1. The third-order valence-electron chi connectivity index (χ3n) is 3.88. The van der Waals surface area contributed by atoms with Gasteiger partial charge in [-0.1, -0.05) is 26.0 Å². The molecule has 2 heterocycles. The van der Waals surface area contributed by atoms with Crippen LogP contribution in [0.4, 0.5) is 5.82 Å². The van der Waals surface area contributed by atoms with Crippen molar-refractivity contribution in [1.29, 1.82) is 0 Å². The molecule has 1 atom stereocenters. The Labute approximate surface area is 142 Å². The molecule has 2 aromatic heterocycles. The summed E-state index contributed by atoms with van der Waals surface area (Å²) in [5.74, 6) is 2.21. The van der Waals surface area contributed by atoms with Crippen LogP contribution in [-0.4, -0.2) is 27.6 Å². The Balaban J connectivity index is 1.61. The van der Waals surface area contributed by atoms with E-state index in [1.165, 1.54) is 5.56 Å². The molecular formula is C19H22N4O. The van der Waals surface area contributed by atoms with Gasteiger partial charge in [0.2, 0.25) is 0 Å². The highest BCUT2D eigenvalue weighted by Gasteiger charge is 2.08. The van der Waals surface area contributed by atoms with Gasteiger partial charge in [-0.25, -0.2) is 9.97 Å². The summed E-state index contributed by atoms with van der Waals surface area (Å²) in [7, 11) is 0. The quantitative estimate of drug-likeness (QED) is 0.742. The van der Waals surface area contributed by atoms with E-state index < -0.39 is 0 Å². The lowest BCUT2D eigenvalue weighted by Crippen LogP contribution is -2.23. The van der Waals surface area contributed by atoms with E-state index >= 15 is 0 Å². The fourth-order valence-electron chi connectivity index (χ4n) is 2.49. The number of hydrogen-bond acceptors (Lipinski definition) is 5. The van der Waals surface area contributed by atoms with E-state index in [2.05, 4.69) is 46.2 Å². The van der Waals surface area contributed by atoms with Crippen molar-refractivity contribution in [1.82, 2.24) is 15.0 Å². The fraction of sp³-hybridized carbons (Fsp3) is 0.316. The molecule has 0 aliphatic carbocycles. The van der Waals surface area contributed by atoms with Gasteiger partial charge in [0.25, 0.3) is 0 Å². The highest BCUT2D eigenvalue weighted by atomic mass is 16.5. The zero-order valence-corrected chi connectivity index (χ0v) is 14.2. The van der Waals surface area contributed by atoms with Crippen LogP contribution in [0, 0.1) is 0 Å². The van der Waals surface area contributed by atoms with Gasteiger partial charge in [-0.05, 0) is 36.6 Å². The van der Waals surface area contributed by atoms with Crippen LogP contribution in [0.25, 0.3) is 10.9 Å². The Morgan fingerprint density at radius 3 is 2.58 bits per heavy atom. The Morgan fingerprint density at radius 2 is 1.83 bits per heavy atom. The lowest BCUT2D eigenvalue weighted by atomic mass is 10.0. The molecule has 0 fully saturated rings. The van der Waals surface area contributed by atoms with Gasteiger partial charge in [-0.3, -0.25) is 4.98 Å². The molecule has 1 N–H and O–H groups in total. The standard InChI is InChI=1S/C19H22N4O/c1-13(2)15-4-6-16(7-5-15)24-14(3)10-21-19-17-8-9-20-11-18(17)22-12-23-19/h4-9,11-14H,10H2,1-3H3,(H,21,22,23). The van der Waals surface area contributed by atoms with Crippen LogP contribution >= 0.6 is 0 Å². The molecule has 0 saturated heterocycles. The summed E-state index contributed by atoms with van der Waals surface area (Å²) in [6.07, 6.45) is 5.04. The van der Waals surface area contributed by atoms with Crippen molar-refractivity contribution >= 4 is 16.7 Å². The van der Waals surface area contributed by atoms with Gasteiger partial charge in [-0.2, -0.15) is 0 Å². The third-order valence-corrected chi connectivity index (χ3v) is 3.88. The number of aromatic nitrogens is 3. The minimum atomic E-state index is 0.0155. The van der Waals surface area contributed by atoms with Gasteiger partial charge in [0, 0.05) is 11.6 Å². The van der Waals surface area contributed by atoms with Gasteiger partial charge in [0.1, 0.15) is 24.0 Å². The van der Waals surface area contributed by atoms with Crippen molar-refractivity contribution in [3.63, 3.8) is 0 Å². The molecule has 5 heteroatoms. The lowest BCUT2D eigenvalue weighted by Gasteiger charge is -2.17. The third kappa shape index (κ3) is 3.79. The molecule has 0 spiro atoms. The molecule has 0 amide bonds. The fourth-order valence-corrected chi connectivity index (χ4v) is 2.49.